The van der Waals surface area contributed by atoms with Gasteiger partial charge in [0, 0.05) is 6.20 Å². The van der Waals surface area contributed by atoms with Gasteiger partial charge in [0.05, 0.1) is 22.5 Å². The van der Waals surface area contributed by atoms with E-state index < -0.39 is 0 Å². The second-order valence-corrected chi connectivity index (χ2v) is 4.73. The highest BCUT2D eigenvalue weighted by Crippen LogP contribution is 2.16. The van der Waals surface area contributed by atoms with Crippen LogP contribution in [0.4, 0.5) is 0 Å². The second-order valence-electron chi connectivity index (χ2n) is 4.32. The first-order chi connectivity index (χ1) is 10.2. The van der Waals surface area contributed by atoms with Gasteiger partial charge in [-0.05, 0) is 42.5 Å². The third-order valence-electron chi connectivity index (χ3n) is 2.88. The molecule has 0 aliphatic rings. The van der Waals surface area contributed by atoms with E-state index >= 15 is 0 Å². The molecule has 0 fully saturated rings. The van der Waals surface area contributed by atoms with Crippen molar-refractivity contribution in [2.45, 2.75) is 0 Å². The van der Waals surface area contributed by atoms with Crippen LogP contribution >= 0.6 is 11.6 Å². The molecule has 0 amide bonds. The summed E-state index contributed by atoms with van der Waals surface area (Å²) < 4.78 is 6.46. The Kier molecular flexibility index (Phi) is 3.71. The quantitative estimate of drug-likeness (QED) is 0.734. The number of hydrogen-bond acceptors (Lipinski definition) is 3. The van der Waals surface area contributed by atoms with Gasteiger partial charge in [0.2, 0.25) is 0 Å². The molecular formula is C16H11ClN2O2. The van der Waals surface area contributed by atoms with Gasteiger partial charge >= 0.3 is 0 Å². The van der Waals surface area contributed by atoms with Crippen molar-refractivity contribution in [3.63, 3.8) is 0 Å². The van der Waals surface area contributed by atoms with E-state index in [0.717, 1.165) is 5.76 Å². The van der Waals surface area contributed by atoms with Crippen molar-refractivity contribution >= 4 is 29.7 Å². The maximum Gasteiger partial charge on any atom is 0.279 e. The molecule has 3 rings (SSSR count). The first-order valence-corrected chi connectivity index (χ1v) is 6.68. The average molecular weight is 299 g/mol. The maximum absolute atomic E-state index is 12.3. The molecule has 2 heterocycles. The van der Waals surface area contributed by atoms with Gasteiger partial charge in [-0.2, -0.15) is 5.10 Å². The van der Waals surface area contributed by atoms with E-state index in [2.05, 4.69) is 5.10 Å². The predicted molar refractivity (Wildman–Crippen MR) is 81.0 cm³/mol. The molecule has 0 bridgehead atoms. The van der Waals surface area contributed by atoms with Gasteiger partial charge < -0.3 is 4.42 Å². The Hall–Kier alpha value is -2.59. The predicted octanol–water partition coefficient (Wildman–Crippen LogP) is 3.99. The van der Waals surface area contributed by atoms with E-state index in [1.165, 1.54) is 4.68 Å². The molecule has 0 radical (unpaired) electrons. The monoisotopic (exact) mass is 298 g/mol. The van der Waals surface area contributed by atoms with Crippen molar-refractivity contribution < 1.29 is 9.21 Å². The van der Waals surface area contributed by atoms with Crippen molar-refractivity contribution in [1.82, 2.24) is 9.78 Å². The summed E-state index contributed by atoms with van der Waals surface area (Å²) in [4.78, 5) is 12.3. The van der Waals surface area contributed by atoms with Crippen LogP contribution in [0, 0.1) is 0 Å². The number of aromatic nitrogens is 2. The Morgan fingerprint density at radius 2 is 2.00 bits per heavy atom. The summed E-state index contributed by atoms with van der Waals surface area (Å²) >= 11 is 6.02. The zero-order valence-corrected chi connectivity index (χ0v) is 11.7. The molecule has 0 N–H and O–H groups in total. The molecule has 0 aliphatic heterocycles. The molecule has 0 saturated carbocycles. The first-order valence-electron chi connectivity index (χ1n) is 6.30. The van der Waals surface area contributed by atoms with Crippen molar-refractivity contribution in [2.75, 3.05) is 0 Å². The molecule has 0 saturated heterocycles. The Morgan fingerprint density at radius 1 is 1.14 bits per heavy atom. The lowest BCUT2D eigenvalue weighted by atomic mass is 10.2. The minimum atomic E-state index is -0.266. The maximum atomic E-state index is 12.3. The molecule has 1 aromatic carbocycles. The van der Waals surface area contributed by atoms with E-state index in [-0.39, 0.29) is 5.91 Å². The zero-order chi connectivity index (χ0) is 14.7. The summed E-state index contributed by atoms with van der Waals surface area (Å²) in [5.41, 5.74) is 1.08. The molecule has 21 heavy (non-hydrogen) atoms. The minimum Gasteiger partial charge on any atom is -0.465 e. The lowest BCUT2D eigenvalue weighted by molar-refractivity contribution is 0.0945. The molecule has 0 unspecified atom stereocenters. The average Bonchev–Trinajstić information content (AvgIpc) is 3.16. The van der Waals surface area contributed by atoms with Gasteiger partial charge in [0.15, 0.2) is 0 Å². The largest absolute Gasteiger partial charge is 0.465 e. The highest BCUT2D eigenvalue weighted by Gasteiger charge is 2.12. The number of halogens is 1. The molecular weight excluding hydrogens is 288 g/mol. The van der Waals surface area contributed by atoms with Crippen LogP contribution in [0.15, 0.2) is 59.3 Å². The minimum absolute atomic E-state index is 0.266. The van der Waals surface area contributed by atoms with E-state index in [0.29, 0.717) is 16.3 Å². The number of nitrogens with zero attached hydrogens (tertiary/aromatic N) is 2. The fraction of sp³-hybridized carbons (Fsp3) is 0. The molecule has 0 spiro atoms. The smallest absolute Gasteiger partial charge is 0.279 e. The lowest BCUT2D eigenvalue weighted by Crippen LogP contribution is -2.13. The Morgan fingerprint density at radius 3 is 2.76 bits per heavy atom. The number of benzene rings is 1. The van der Waals surface area contributed by atoms with Crippen LogP contribution in [0.3, 0.4) is 0 Å². The normalized spacial score (nSPS) is 11.1. The summed E-state index contributed by atoms with van der Waals surface area (Å²) in [5, 5.41) is 4.62. The standard InChI is InChI=1S/C16H11ClN2O2/c17-15-6-2-1-5-14(15)16(20)19-10-9-12(18-19)7-8-13-4-3-11-21-13/h1-11H/b8-7+. The summed E-state index contributed by atoms with van der Waals surface area (Å²) in [6, 6.07) is 12.3. The van der Waals surface area contributed by atoms with Gasteiger partial charge in [-0.25, -0.2) is 4.68 Å². The fourth-order valence-corrected chi connectivity index (χ4v) is 2.07. The van der Waals surface area contributed by atoms with E-state index in [4.69, 9.17) is 16.0 Å². The fourth-order valence-electron chi connectivity index (χ4n) is 1.85. The van der Waals surface area contributed by atoms with Crippen LogP contribution in [-0.4, -0.2) is 15.7 Å². The van der Waals surface area contributed by atoms with E-state index in [9.17, 15) is 4.79 Å². The molecule has 3 aromatic rings. The second kappa shape index (κ2) is 5.81. The topological polar surface area (TPSA) is 48.0 Å². The SMILES string of the molecule is O=C(c1ccccc1Cl)n1ccc(/C=C/c2ccco2)n1. The highest BCUT2D eigenvalue weighted by atomic mass is 35.5. The lowest BCUT2D eigenvalue weighted by Gasteiger charge is -2.02. The van der Waals surface area contributed by atoms with Crippen LogP contribution < -0.4 is 0 Å². The molecule has 0 aliphatic carbocycles. The number of carbonyl (C=O) groups excluding carboxylic acids is 1. The van der Waals surface area contributed by atoms with Crippen LogP contribution in [0.2, 0.25) is 5.02 Å². The number of hydrogen-bond donors (Lipinski definition) is 0. The first kappa shape index (κ1) is 13.4. The van der Waals surface area contributed by atoms with E-state index in [1.54, 1.807) is 61.0 Å². The summed E-state index contributed by atoms with van der Waals surface area (Å²) in [6.45, 7) is 0. The molecule has 4 nitrogen and oxygen atoms in total. The summed E-state index contributed by atoms with van der Waals surface area (Å²) in [7, 11) is 0. The van der Waals surface area contributed by atoms with Crippen LogP contribution in [0.1, 0.15) is 21.8 Å². The third kappa shape index (κ3) is 2.95. The summed E-state index contributed by atoms with van der Waals surface area (Å²) in [5.74, 6) is 0.459. The number of furan rings is 1. The van der Waals surface area contributed by atoms with Gasteiger partial charge in [0.1, 0.15) is 5.76 Å². The molecule has 5 heteroatoms. The number of carbonyl (C=O) groups is 1. The van der Waals surface area contributed by atoms with Crippen molar-refractivity contribution in [3.05, 3.63) is 77.0 Å². The van der Waals surface area contributed by atoms with Gasteiger partial charge in [-0.3, -0.25) is 4.79 Å². The molecule has 2 aromatic heterocycles. The Labute approximate surface area is 126 Å². The van der Waals surface area contributed by atoms with Crippen LogP contribution in [0.25, 0.3) is 12.2 Å². The third-order valence-corrected chi connectivity index (χ3v) is 3.21. The van der Waals surface area contributed by atoms with Gasteiger partial charge in [0.25, 0.3) is 5.91 Å². The zero-order valence-electron chi connectivity index (χ0n) is 10.9. The van der Waals surface area contributed by atoms with Gasteiger partial charge in [-0.15, -0.1) is 0 Å². The Bertz CT molecular complexity index is 788. The van der Waals surface area contributed by atoms with Crippen molar-refractivity contribution in [1.29, 1.82) is 0 Å². The van der Waals surface area contributed by atoms with Crippen molar-refractivity contribution in [3.8, 4) is 0 Å². The van der Waals surface area contributed by atoms with Crippen LogP contribution in [-0.2, 0) is 0 Å². The highest BCUT2D eigenvalue weighted by molar-refractivity contribution is 6.33. The van der Waals surface area contributed by atoms with Gasteiger partial charge in [-0.1, -0.05) is 23.7 Å². The van der Waals surface area contributed by atoms with Crippen molar-refractivity contribution in [2.24, 2.45) is 0 Å². The summed E-state index contributed by atoms with van der Waals surface area (Å²) in [6.07, 6.45) is 6.76. The molecule has 104 valence electrons. The Balaban J connectivity index is 1.82. The number of rotatable bonds is 3. The van der Waals surface area contributed by atoms with Crippen LogP contribution in [0.5, 0.6) is 0 Å². The van der Waals surface area contributed by atoms with E-state index in [1.807, 2.05) is 6.07 Å². The molecule has 0 atom stereocenters.